The highest BCUT2D eigenvalue weighted by atomic mass is 16.2. The lowest BCUT2D eigenvalue weighted by Crippen LogP contribution is -2.38. The van der Waals surface area contributed by atoms with Crippen molar-refractivity contribution in [2.24, 2.45) is 31.8 Å². The Hall–Kier alpha value is -6.16. The molecule has 5 N–H and O–H groups in total. The number of nitrogens with zero attached hydrogens (tertiary/aromatic N) is 10. The summed E-state index contributed by atoms with van der Waals surface area (Å²) in [6, 6.07) is 13.1. The Labute approximate surface area is 383 Å². The van der Waals surface area contributed by atoms with Gasteiger partial charge in [-0.2, -0.15) is 19.9 Å². The van der Waals surface area contributed by atoms with Crippen molar-refractivity contribution >= 4 is 68.9 Å². The van der Waals surface area contributed by atoms with Gasteiger partial charge in [0.1, 0.15) is 16.8 Å². The molecule has 2 aliphatic heterocycles. The number of nitrogens with one attached hydrogen (secondary N) is 3. The van der Waals surface area contributed by atoms with E-state index in [1.807, 2.05) is 23.2 Å². The molecule has 0 aliphatic carbocycles. The monoisotopic (exact) mass is 885 g/mol. The molecule has 0 unspecified atom stereocenters. The Balaban J connectivity index is 0.000000194. The smallest absolute Gasteiger partial charge is 0.234 e. The van der Waals surface area contributed by atoms with E-state index in [1.165, 1.54) is 16.7 Å². The first-order valence-corrected chi connectivity index (χ1v) is 22.9. The van der Waals surface area contributed by atoms with Crippen LogP contribution in [0.2, 0.25) is 0 Å². The molecule has 6 heterocycles. The maximum absolute atomic E-state index is 11.6. The summed E-state index contributed by atoms with van der Waals surface area (Å²) in [6.45, 7) is 22.5. The van der Waals surface area contributed by atoms with Crippen LogP contribution in [-0.2, 0) is 34.5 Å². The van der Waals surface area contributed by atoms with E-state index in [0.29, 0.717) is 47.9 Å². The minimum absolute atomic E-state index is 0.0496. The highest BCUT2D eigenvalue weighted by Gasteiger charge is 2.27. The Morgan fingerprint density at radius 3 is 1.42 bits per heavy atom. The molecule has 16 heteroatoms. The van der Waals surface area contributed by atoms with Gasteiger partial charge in [-0.3, -0.25) is 10.2 Å². The van der Waals surface area contributed by atoms with Gasteiger partial charge in [-0.05, 0) is 104 Å². The van der Waals surface area contributed by atoms with Crippen LogP contribution in [0.4, 0.5) is 34.9 Å². The van der Waals surface area contributed by atoms with Crippen LogP contribution in [0.15, 0.2) is 49.1 Å². The van der Waals surface area contributed by atoms with Gasteiger partial charge in [0, 0.05) is 64.5 Å². The molecule has 0 spiro atoms. The maximum atomic E-state index is 11.6. The first kappa shape index (κ1) is 46.8. The third-order valence-electron chi connectivity index (χ3n) is 12.8. The standard InChI is InChI=1S/C25H34N6O.C24H34N8O/c1-16-7-8-19(25(3,4)5)14-20(16)27-23-21-22(26-15-30(21)6)28-24(29-23)31-11-9-18(10-12-31)13-17(2)32;1-15-6-7-17(24(2,3)4)13-18(15)27-22-20-21(26-14-31(20)5)28-23(29-22)32-10-8-16(9-11-32)12-19(33)30-25/h7-8,14-15,18H,9-13H2,1-6H3,(H,27,28,29);6-7,13-14,16H,8-12,25H2,1-5H3,(H,30,33)(H,27,28,29). The van der Waals surface area contributed by atoms with Gasteiger partial charge in [-0.15, -0.1) is 0 Å². The predicted octanol–water partition coefficient (Wildman–Crippen LogP) is 8.22. The molecule has 0 atom stereocenters. The van der Waals surface area contributed by atoms with E-state index in [-0.39, 0.29) is 22.5 Å². The SMILES string of the molecule is CC(=O)CC1CCN(c2nc(Nc3cc(C(C)(C)C)ccc3C)c3c(ncn3C)n2)CC1.Cc1ccc(C(C)(C)C)cc1Nc1nc(N2CCC(CC(=O)NN)CC2)nc2ncn(C)c12. The normalized spacial score (nSPS) is 15.3. The number of benzene rings is 2. The van der Waals surface area contributed by atoms with Crippen LogP contribution in [-0.4, -0.2) is 76.9 Å². The fourth-order valence-corrected chi connectivity index (χ4v) is 8.65. The topological polar surface area (TPSA) is 190 Å². The number of rotatable bonds is 10. The molecule has 8 rings (SSSR count). The van der Waals surface area contributed by atoms with Gasteiger partial charge < -0.3 is 34.4 Å². The molecule has 2 saturated heterocycles. The van der Waals surface area contributed by atoms with E-state index in [4.69, 9.17) is 25.8 Å². The van der Waals surface area contributed by atoms with Crippen molar-refractivity contribution < 1.29 is 9.59 Å². The quantitative estimate of drug-likeness (QED) is 0.0586. The van der Waals surface area contributed by atoms with Crippen molar-refractivity contribution in [2.45, 2.75) is 112 Å². The van der Waals surface area contributed by atoms with Crippen LogP contribution < -0.4 is 31.7 Å². The first-order valence-electron chi connectivity index (χ1n) is 22.9. The summed E-state index contributed by atoms with van der Waals surface area (Å²) in [5.74, 6) is 9.06. The lowest BCUT2D eigenvalue weighted by molar-refractivity contribution is -0.122. The van der Waals surface area contributed by atoms with Crippen LogP contribution in [0.5, 0.6) is 0 Å². The predicted molar refractivity (Wildman–Crippen MR) is 261 cm³/mol. The molecule has 346 valence electrons. The molecular formula is C49H68N14O2. The number of fused-ring (bicyclic) bond motifs is 2. The second-order valence-electron chi connectivity index (χ2n) is 20.1. The van der Waals surface area contributed by atoms with Crippen LogP contribution in [0, 0.1) is 25.7 Å². The van der Waals surface area contributed by atoms with Crippen molar-refractivity contribution in [3.8, 4) is 0 Å². The highest BCUT2D eigenvalue weighted by Crippen LogP contribution is 2.34. The number of imidazole rings is 2. The van der Waals surface area contributed by atoms with Crippen molar-refractivity contribution in [1.29, 1.82) is 0 Å². The maximum Gasteiger partial charge on any atom is 0.234 e. The molecule has 6 aromatic rings. The number of hydrazine groups is 1. The van der Waals surface area contributed by atoms with Gasteiger partial charge in [-0.25, -0.2) is 15.8 Å². The van der Waals surface area contributed by atoms with E-state index in [0.717, 1.165) is 91.5 Å². The molecule has 4 aromatic heterocycles. The second-order valence-corrected chi connectivity index (χ2v) is 20.1. The molecule has 0 bridgehead atoms. The number of amides is 1. The summed E-state index contributed by atoms with van der Waals surface area (Å²) >= 11 is 0. The zero-order valence-corrected chi connectivity index (χ0v) is 40.2. The summed E-state index contributed by atoms with van der Waals surface area (Å²) in [7, 11) is 3.92. The van der Waals surface area contributed by atoms with E-state index in [1.54, 1.807) is 19.6 Å². The Morgan fingerprint density at radius 2 is 1.05 bits per heavy atom. The van der Waals surface area contributed by atoms with E-state index >= 15 is 0 Å². The number of piperidine rings is 2. The number of carbonyl (C=O) groups is 2. The minimum Gasteiger partial charge on any atom is -0.341 e. The average molecular weight is 885 g/mol. The average Bonchev–Trinajstić information content (AvgIpc) is 3.83. The minimum atomic E-state index is -0.112. The lowest BCUT2D eigenvalue weighted by Gasteiger charge is -2.31. The number of anilines is 6. The number of hydrogen-bond acceptors (Lipinski definition) is 13. The number of nitrogens with two attached hydrogens (primary N) is 1. The van der Waals surface area contributed by atoms with Crippen LogP contribution >= 0.6 is 0 Å². The van der Waals surface area contributed by atoms with Gasteiger partial charge in [0.25, 0.3) is 0 Å². The number of hydrogen-bond donors (Lipinski definition) is 4. The zero-order valence-electron chi connectivity index (χ0n) is 40.2. The third-order valence-corrected chi connectivity index (χ3v) is 12.8. The summed E-state index contributed by atoms with van der Waals surface area (Å²) in [5.41, 5.74) is 12.4. The van der Waals surface area contributed by atoms with E-state index in [9.17, 15) is 9.59 Å². The number of aromatic nitrogens is 8. The number of Topliss-reactive ketones (excluding diaryl/α,β-unsaturated/α-hetero) is 1. The number of aryl methyl sites for hydroxylation is 4. The highest BCUT2D eigenvalue weighted by molar-refractivity contribution is 5.88. The van der Waals surface area contributed by atoms with Gasteiger partial charge >= 0.3 is 0 Å². The van der Waals surface area contributed by atoms with Crippen molar-refractivity contribution in [3.63, 3.8) is 0 Å². The molecule has 0 radical (unpaired) electrons. The van der Waals surface area contributed by atoms with E-state index < -0.39 is 0 Å². The largest absolute Gasteiger partial charge is 0.341 e. The second kappa shape index (κ2) is 19.1. The Bertz CT molecular complexity index is 2660. The summed E-state index contributed by atoms with van der Waals surface area (Å²) in [5, 5.41) is 7.16. The number of ketones is 1. The summed E-state index contributed by atoms with van der Waals surface area (Å²) in [6.07, 6.45) is 8.44. The molecule has 16 nitrogen and oxygen atoms in total. The third kappa shape index (κ3) is 11.0. The van der Waals surface area contributed by atoms with Gasteiger partial charge in [-0.1, -0.05) is 65.8 Å². The van der Waals surface area contributed by atoms with Crippen molar-refractivity contribution in [2.75, 3.05) is 46.6 Å². The molecule has 2 fully saturated rings. The Morgan fingerprint density at radius 1 is 0.646 bits per heavy atom. The van der Waals surface area contributed by atoms with E-state index in [2.05, 4.69) is 128 Å². The molecule has 2 aliphatic rings. The van der Waals surface area contributed by atoms with Crippen LogP contribution in [0.1, 0.15) is 109 Å². The molecular weight excluding hydrogens is 817 g/mol. The van der Waals surface area contributed by atoms with Crippen LogP contribution in [0.3, 0.4) is 0 Å². The first-order chi connectivity index (χ1) is 30.8. The summed E-state index contributed by atoms with van der Waals surface area (Å²) < 4.78 is 3.91. The van der Waals surface area contributed by atoms with Gasteiger partial charge in [0.05, 0.1) is 12.7 Å². The van der Waals surface area contributed by atoms with Crippen LogP contribution in [0.25, 0.3) is 22.3 Å². The van der Waals surface area contributed by atoms with Crippen molar-refractivity contribution in [3.05, 3.63) is 71.3 Å². The summed E-state index contributed by atoms with van der Waals surface area (Å²) in [4.78, 5) is 55.9. The fourth-order valence-electron chi connectivity index (χ4n) is 8.65. The molecule has 65 heavy (non-hydrogen) atoms. The molecule has 2 aromatic carbocycles. The molecule has 0 saturated carbocycles. The fraction of sp³-hybridized carbons (Fsp3) is 0.510. The lowest BCUT2D eigenvalue weighted by atomic mass is 9.86. The van der Waals surface area contributed by atoms with Gasteiger partial charge in [0.2, 0.25) is 17.8 Å². The van der Waals surface area contributed by atoms with Gasteiger partial charge in [0.15, 0.2) is 22.9 Å². The Kier molecular flexibility index (Phi) is 13.8. The zero-order chi connectivity index (χ0) is 46.8. The number of carbonyl (C=O) groups excluding carboxylic acids is 2. The molecule has 1 amide bonds. The van der Waals surface area contributed by atoms with Crippen molar-refractivity contribution in [1.82, 2.24) is 44.5 Å².